The first-order valence-corrected chi connectivity index (χ1v) is 11.0. The average molecular weight is 411 g/mol. The van der Waals surface area contributed by atoms with Crippen molar-refractivity contribution in [2.45, 2.75) is 70.0 Å². The van der Waals surface area contributed by atoms with Gasteiger partial charge in [0.2, 0.25) is 0 Å². The molecule has 0 radical (unpaired) electrons. The van der Waals surface area contributed by atoms with Crippen LogP contribution in [0.1, 0.15) is 65.2 Å². The molecule has 0 aromatic rings. The number of alkyl halides is 1. The molecule has 0 unspecified atom stereocenters. The predicted octanol–water partition coefficient (Wildman–Crippen LogP) is 4.15. The third kappa shape index (κ3) is 2.53. The summed E-state index contributed by atoms with van der Waals surface area (Å²) in [4.78, 5) is 24.8. The molecule has 0 aliphatic heterocycles. The van der Waals surface area contributed by atoms with Gasteiger partial charge in [0.15, 0.2) is 5.78 Å². The van der Waals surface area contributed by atoms with Crippen LogP contribution in [0.5, 0.6) is 0 Å². The standard InChI is InChI=1S/C21H31BrO3/c1-20-8-7-13(24)9-12(20)3-4-14-15-5-6-16(18(25)11-23)21(15,2)10-17(22)19(14)20/h12,14-17,19,23H,3-11H2,1-2H3/t12-,14+,15+,16-,17-,19-,20+,21+/m1/s1. The molecule has 0 saturated heterocycles. The highest BCUT2D eigenvalue weighted by molar-refractivity contribution is 9.09. The van der Waals surface area contributed by atoms with Crippen LogP contribution in [0.4, 0.5) is 0 Å². The van der Waals surface area contributed by atoms with Crippen molar-refractivity contribution in [3.05, 3.63) is 0 Å². The Bertz CT molecular complexity index is 590. The third-order valence-electron chi connectivity index (χ3n) is 8.92. The Balaban J connectivity index is 1.66. The van der Waals surface area contributed by atoms with Crippen LogP contribution < -0.4 is 0 Å². The lowest BCUT2D eigenvalue weighted by Crippen LogP contribution is -2.58. The molecule has 4 heteroatoms. The van der Waals surface area contributed by atoms with Crippen molar-refractivity contribution in [1.82, 2.24) is 0 Å². The summed E-state index contributed by atoms with van der Waals surface area (Å²) in [5, 5.41) is 9.43. The van der Waals surface area contributed by atoms with Crippen molar-refractivity contribution in [2.24, 2.45) is 40.4 Å². The van der Waals surface area contributed by atoms with Crippen LogP contribution in [0.25, 0.3) is 0 Å². The van der Waals surface area contributed by atoms with Crippen LogP contribution in [-0.4, -0.2) is 28.1 Å². The Morgan fingerprint density at radius 1 is 1.20 bits per heavy atom. The number of Topliss-reactive ketones (excluding diaryl/α,β-unsaturated/α-hetero) is 2. The molecule has 0 amide bonds. The third-order valence-corrected chi connectivity index (χ3v) is 9.81. The maximum Gasteiger partial charge on any atom is 0.161 e. The molecule has 3 nitrogen and oxygen atoms in total. The molecule has 4 rings (SSSR count). The first-order chi connectivity index (χ1) is 11.8. The summed E-state index contributed by atoms with van der Waals surface area (Å²) in [6.07, 6.45) is 8.08. The van der Waals surface area contributed by atoms with E-state index in [-0.39, 0.29) is 29.1 Å². The molecule has 140 valence electrons. The van der Waals surface area contributed by atoms with E-state index in [1.165, 1.54) is 12.8 Å². The lowest BCUT2D eigenvalue weighted by molar-refractivity contribution is -0.143. The second kappa shape index (κ2) is 6.15. The smallest absolute Gasteiger partial charge is 0.161 e. The van der Waals surface area contributed by atoms with Crippen molar-refractivity contribution >= 4 is 27.5 Å². The lowest BCUT2D eigenvalue weighted by atomic mass is 9.44. The maximum atomic E-state index is 12.4. The van der Waals surface area contributed by atoms with E-state index in [1.807, 2.05) is 0 Å². The van der Waals surface area contributed by atoms with Gasteiger partial charge in [0.25, 0.3) is 0 Å². The van der Waals surface area contributed by atoms with E-state index in [0.717, 1.165) is 38.5 Å². The van der Waals surface area contributed by atoms with Crippen molar-refractivity contribution in [1.29, 1.82) is 0 Å². The van der Waals surface area contributed by atoms with Gasteiger partial charge in [-0.1, -0.05) is 29.8 Å². The molecular weight excluding hydrogens is 380 g/mol. The van der Waals surface area contributed by atoms with Crippen LogP contribution in [0.15, 0.2) is 0 Å². The van der Waals surface area contributed by atoms with Gasteiger partial charge in [-0.05, 0) is 73.0 Å². The number of hydrogen-bond acceptors (Lipinski definition) is 3. The molecule has 4 aliphatic rings. The molecule has 0 bridgehead atoms. The minimum Gasteiger partial charge on any atom is -0.389 e. The fourth-order valence-corrected chi connectivity index (χ4v) is 9.43. The molecule has 0 aromatic heterocycles. The van der Waals surface area contributed by atoms with Gasteiger partial charge in [0, 0.05) is 23.6 Å². The number of carbonyl (C=O) groups excluding carboxylic acids is 2. The Kier molecular flexibility index (Phi) is 4.47. The van der Waals surface area contributed by atoms with E-state index in [1.54, 1.807) is 0 Å². The zero-order valence-corrected chi connectivity index (χ0v) is 17.1. The summed E-state index contributed by atoms with van der Waals surface area (Å²) < 4.78 is 0. The Morgan fingerprint density at radius 3 is 2.68 bits per heavy atom. The maximum absolute atomic E-state index is 12.4. The molecule has 1 N–H and O–H groups in total. The van der Waals surface area contributed by atoms with Crippen molar-refractivity contribution < 1.29 is 14.7 Å². The summed E-state index contributed by atoms with van der Waals surface area (Å²) in [6.45, 7) is 4.45. The van der Waals surface area contributed by atoms with Crippen molar-refractivity contribution in [2.75, 3.05) is 6.61 Å². The average Bonchev–Trinajstić information content (AvgIpc) is 2.91. The van der Waals surface area contributed by atoms with E-state index in [2.05, 4.69) is 29.8 Å². The number of carbonyl (C=O) groups is 2. The van der Waals surface area contributed by atoms with Gasteiger partial charge in [0.05, 0.1) is 0 Å². The van der Waals surface area contributed by atoms with Gasteiger partial charge >= 0.3 is 0 Å². The van der Waals surface area contributed by atoms with Crippen LogP contribution in [-0.2, 0) is 9.59 Å². The molecule has 4 aliphatic carbocycles. The summed E-state index contributed by atoms with van der Waals surface area (Å²) in [6, 6.07) is 0. The normalized spacial score (nSPS) is 52.2. The number of hydrogen-bond donors (Lipinski definition) is 1. The van der Waals surface area contributed by atoms with Gasteiger partial charge in [-0.3, -0.25) is 9.59 Å². The number of rotatable bonds is 2. The molecule has 25 heavy (non-hydrogen) atoms. The fraction of sp³-hybridized carbons (Fsp3) is 0.905. The summed E-state index contributed by atoms with van der Waals surface area (Å²) in [7, 11) is 0. The van der Waals surface area contributed by atoms with Gasteiger partial charge < -0.3 is 5.11 Å². The Morgan fingerprint density at radius 2 is 1.96 bits per heavy atom. The van der Waals surface area contributed by atoms with Gasteiger partial charge in [0.1, 0.15) is 12.4 Å². The number of aliphatic hydroxyl groups excluding tert-OH is 1. The largest absolute Gasteiger partial charge is 0.389 e. The van der Waals surface area contributed by atoms with Crippen molar-refractivity contribution in [3.8, 4) is 0 Å². The zero-order valence-electron chi connectivity index (χ0n) is 15.5. The van der Waals surface area contributed by atoms with E-state index in [4.69, 9.17) is 0 Å². The van der Waals surface area contributed by atoms with Crippen molar-refractivity contribution in [3.63, 3.8) is 0 Å². The second-order valence-corrected chi connectivity index (χ2v) is 11.0. The molecule has 0 spiro atoms. The van der Waals surface area contributed by atoms with Gasteiger partial charge in [-0.25, -0.2) is 0 Å². The van der Waals surface area contributed by atoms with E-state index in [9.17, 15) is 14.7 Å². The quantitative estimate of drug-likeness (QED) is 0.695. The molecule has 0 heterocycles. The van der Waals surface area contributed by atoms with E-state index < -0.39 is 0 Å². The van der Waals surface area contributed by atoms with Crippen LogP contribution in [0.3, 0.4) is 0 Å². The first-order valence-electron chi connectivity index (χ1n) is 10.1. The van der Waals surface area contributed by atoms with Gasteiger partial charge in [-0.2, -0.15) is 0 Å². The first kappa shape index (κ1) is 18.2. The number of aliphatic hydroxyl groups is 1. The molecular formula is C21H31BrO3. The minimum atomic E-state index is -0.310. The van der Waals surface area contributed by atoms with Crippen LogP contribution >= 0.6 is 15.9 Å². The number of halogens is 1. The Hall–Kier alpha value is -0.220. The number of fused-ring (bicyclic) bond motifs is 5. The van der Waals surface area contributed by atoms with Crippen LogP contribution in [0.2, 0.25) is 0 Å². The second-order valence-electron chi connectivity index (χ2n) is 9.80. The monoisotopic (exact) mass is 410 g/mol. The summed E-state index contributed by atoms with van der Waals surface area (Å²) >= 11 is 4.05. The Labute approximate surface area is 159 Å². The molecule has 4 fully saturated rings. The van der Waals surface area contributed by atoms with E-state index >= 15 is 0 Å². The highest BCUT2D eigenvalue weighted by atomic mass is 79.9. The lowest BCUT2D eigenvalue weighted by Gasteiger charge is -2.61. The number of ketones is 2. The molecule has 8 atom stereocenters. The van der Waals surface area contributed by atoms with E-state index in [0.29, 0.717) is 34.3 Å². The summed E-state index contributed by atoms with van der Waals surface area (Å²) in [5.41, 5.74) is 0.300. The fourth-order valence-electron chi connectivity index (χ4n) is 7.74. The van der Waals surface area contributed by atoms with Crippen LogP contribution in [0, 0.1) is 40.4 Å². The topological polar surface area (TPSA) is 54.4 Å². The highest BCUT2D eigenvalue weighted by Gasteiger charge is 2.63. The zero-order chi connectivity index (χ0) is 18.0. The SMILES string of the molecule is C[C@]12CCC(=O)C[C@H]1CC[C@@H]1[C@@H]2[C@H](Br)C[C@]2(C)[C@@H](C(=O)CO)CC[C@@H]12. The van der Waals surface area contributed by atoms with Gasteiger partial charge in [-0.15, -0.1) is 0 Å². The summed E-state index contributed by atoms with van der Waals surface area (Å²) in [5.74, 6) is 2.97. The minimum absolute atomic E-state index is 0.0296. The molecule has 4 saturated carbocycles. The molecule has 0 aromatic carbocycles. The predicted molar refractivity (Wildman–Crippen MR) is 100 cm³/mol. The highest BCUT2D eigenvalue weighted by Crippen LogP contribution is 2.68.